The van der Waals surface area contributed by atoms with Crippen LogP contribution >= 0.6 is 23.2 Å². The monoisotopic (exact) mass is 516 g/mol. The van der Waals surface area contributed by atoms with Crippen molar-refractivity contribution >= 4 is 35.2 Å². The molecule has 2 heterocycles. The molecule has 2 aromatic carbocycles. The molecule has 1 atom stereocenters. The molecule has 0 saturated carbocycles. The minimum atomic E-state index is -0.725. The zero-order valence-corrected chi connectivity index (χ0v) is 21.5. The summed E-state index contributed by atoms with van der Waals surface area (Å²) in [5.74, 6) is -0.465. The Hall–Kier alpha value is -2.58. The fourth-order valence-corrected chi connectivity index (χ4v) is 5.04. The van der Waals surface area contributed by atoms with Gasteiger partial charge in [0.1, 0.15) is 0 Å². The van der Waals surface area contributed by atoms with E-state index in [1.54, 1.807) is 32.2 Å². The van der Waals surface area contributed by atoms with Gasteiger partial charge < -0.3 is 10.1 Å². The Morgan fingerprint density at radius 1 is 1.03 bits per heavy atom. The van der Waals surface area contributed by atoms with Crippen LogP contribution in [0.15, 0.2) is 59.8 Å². The van der Waals surface area contributed by atoms with Crippen LogP contribution in [0.4, 0.5) is 4.79 Å². The molecule has 2 aliphatic heterocycles. The molecule has 1 fully saturated rings. The molecule has 2 aromatic rings. The molecule has 0 aliphatic carbocycles. The fourth-order valence-electron chi connectivity index (χ4n) is 4.53. The molecule has 2 aliphatic rings. The molecular weight excluding hydrogens is 487 g/mol. The molecule has 0 aromatic heterocycles. The maximum absolute atomic E-state index is 13.2. The zero-order chi connectivity index (χ0) is 24.9. The number of hydrogen-bond acceptors (Lipinski definition) is 5. The Kier molecular flexibility index (Phi) is 8.34. The number of carbonyl (C=O) groups excluding carboxylic acids is 2. The second kappa shape index (κ2) is 11.4. The number of hydrogen-bond donors (Lipinski definition) is 1. The van der Waals surface area contributed by atoms with Crippen molar-refractivity contribution in [3.8, 4) is 0 Å². The molecule has 0 bridgehead atoms. The van der Waals surface area contributed by atoms with E-state index in [0.29, 0.717) is 33.4 Å². The summed E-state index contributed by atoms with van der Waals surface area (Å²) in [4.78, 5) is 32.3. The number of carbonyl (C=O) groups is 2. The van der Waals surface area contributed by atoms with E-state index in [9.17, 15) is 9.59 Å². The average molecular weight is 517 g/mol. The number of halogens is 2. The molecule has 9 heteroatoms. The number of urea groups is 1. The molecule has 7 nitrogen and oxygen atoms in total. The normalized spacial score (nSPS) is 19.6. The van der Waals surface area contributed by atoms with Gasteiger partial charge >= 0.3 is 12.0 Å². The van der Waals surface area contributed by atoms with E-state index in [-0.39, 0.29) is 12.6 Å². The van der Waals surface area contributed by atoms with Crippen molar-refractivity contribution in [2.45, 2.75) is 19.5 Å². The van der Waals surface area contributed by atoms with Crippen LogP contribution in [0.1, 0.15) is 24.1 Å². The number of piperazine rings is 1. The summed E-state index contributed by atoms with van der Waals surface area (Å²) in [6.07, 6.45) is 0. The number of esters is 1. The maximum atomic E-state index is 13.2. The van der Waals surface area contributed by atoms with Crippen LogP contribution in [0.3, 0.4) is 0 Å². The van der Waals surface area contributed by atoms with Crippen molar-refractivity contribution < 1.29 is 14.3 Å². The Bertz CT molecular complexity index is 1100. The van der Waals surface area contributed by atoms with Crippen LogP contribution in [0.5, 0.6) is 0 Å². The van der Waals surface area contributed by atoms with Crippen molar-refractivity contribution in [3.63, 3.8) is 0 Å². The van der Waals surface area contributed by atoms with E-state index in [1.807, 2.05) is 6.07 Å². The highest BCUT2D eigenvalue weighted by molar-refractivity contribution is 6.35. The highest BCUT2D eigenvalue weighted by atomic mass is 35.5. The lowest BCUT2D eigenvalue weighted by Crippen LogP contribution is -2.52. The van der Waals surface area contributed by atoms with Crippen molar-refractivity contribution in [3.05, 3.63) is 81.0 Å². The van der Waals surface area contributed by atoms with Gasteiger partial charge in [-0.1, -0.05) is 59.6 Å². The summed E-state index contributed by atoms with van der Waals surface area (Å²) in [7, 11) is 1.68. The van der Waals surface area contributed by atoms with Gasteiger partial charge in [-0.15, -0.1) is 0 Å². The van der Waals surface area contributed by atoms with Crippen LogP contribution in [0.2, 0.25) is 10.0 Å². The molecule has 1 N–H and O–H groups in total. The van der Waals surface area contributed by atoms with Crippen LogP contribution < -0.4 is 5.32 Å². The average Bonchev–Trinajstić information content (AvgIpc) is 2.84. The second-order valence-electron chi connectivity index (χ2n) is 8.73. The van der Waals surface area contributed by atoms with Gasteiger partial charge in [0, 0.05) is 62.1 Å². The first kappa shape index (κ1) is 25.5. The number of benzene rings is 2. The van der Waals surface area contributed by atoms with E-state index in [0.717, 1.165) is 32.7 Å². The third-order valence-corrected chi connectivity index (χ3v) is 7.00. The van der Waals surface area contributed by atoms with Gasteiger partial charge in [0.05, 0.1) is 18.2 Å². The number of amides is 2. The first-order chi connectivity index (χ1) is 16.9. The van der Waals surface area contributed by atoms with Gasteiger partial charge in [-0.3, -0.25) is 14.7 Å². The summed E-state index contributed by atoms with van der Waals surface area (Å²) in [6, 6.07) is 14.4. The summed E-state index contributed by atoms with van der Waals surface area (Å²) in [5, 5.41) is 3.77. The summed E-state index contributed by atoms with van der Waals surface area (Å²) in [5.41, 5.74) is 2.91. The Morgan fingerprint density at radius 2 is 1.69 bits per heavy atom. The first-order valence-electron chi connectivity index (χ1n) is 11.7. The second-order valence-corrected chi connectivity index (χ2v) is 9.57. The number of likely N-dealkylation sites (N-methyl/N-ethyl adjacent to an activating group) is 1. The van der Waals surface area contributed by atoms with Gasteiger partial charge in [0.2, 0.25) is 0 Å². The molecule has 1 unspecified atom stereocenters. The third kappa shape index (κ3) is 5.98. The van der Waals surface area contributed by atoms with Gasteiger partial charge in [0.25, 0.3) is 0 Å². The van der Waals surface area contributed by atoms with E-state index < -0.39 is 12.0 Å². The molecule has 35 heavy (non-hydrogen) atoms. The van der Waals surface area contributed by atoms with Gasteiger partial charge in [-0.05, 0) is 30.2 Å². The topological polar surface area (TPSA) is 65.1 Å². The summed E-state index contributed by atoms with van der Waals surface area (Å²) < 4.78 is 5.41. The lowest BCUT2D eigenvalue weighted by molar-refractivity contribution is -0.139. The maximum Gasteiger partial charge on any atom is 0.338 e. The van der Waals surface area contributed by atoms with Gasteiger partial charge in [-0.2, -0.15) is 0 Å². The number of ether oxygens (including phenoxy) is 1. The van der Waals surface area contributed by atoms with Crippen LogP contribution in [-0.2, 0) is 16.1 Å². The van der Waals surface area contributed by atoms with Crippen LogP contribution in [0, 0.1) is 0 Å². The van der Waals surface area contributed by atoms with Crippen molar-refractivity contribution in [1.29, 1.82) is 0 Å². The highest BCUT2D eigenvalue weighted by Gasteiger charge is 2.38. The largest absolute Gasteiger partial charge is 0.463 e. The molecule has 0 spiro atoms. The Balaban J connectivity index is 1.58. The number of nitrogens with zero attached hydrogens (tertiary/aromatic N) is 3. The first-order valence-corrected chi connectivity index (χ1v) is 12.5. The molecular formula is C26H30Cl2N4O3. The van der Waals surface area contributed by atoms with E-state index >= 15 is 0 Å². The Labute approximate surface area is 216 Å². The minimum absolute atomic E-state index is 0.229. The predicted molar refractivity (Wildman–Crippen MR) is 137 cm³/mol. The zero-order valence-electron chi connectivity index (χ0n) is 20.0. The summed E-state index contributed by atoms with van der Waals surface area (Å²) >= 11 is 12.6. The smallest absolute Gasteiger partial charge is 0.338 e. The lowest BCUT2D eigenvalue weighted by Gasteiger charge is -2.39. The van der Waals surface area contributed by atoms with Crippen LogP contribution in [-0.4, -0.2) is 73.1 Å². The SMILES string of the molecule is CCOC(=O)C1=C(CN2CCN(Cc3ccccc3)CC2)N(C)C(=O)NC1c1ccc(Cl)cc1Cl. The van der Waals surface area contributed by atoms with Crippen molar-refractivity contribution in [1.82, 2.24) is 20.0 Å². The molecule has 186 valence electrons. The molecule has 4 rings (SSSR count). The lowest BCUT2D eigenvalue weighted by atomic mass is 9.94. The predicted octanol–water partition coefficient (Wildman–Crippen LogP) is 4.32. The Morgan fingerprint density at radius 3 is 2.31 bits per heavy atom. The fraction of sp³-hybridized carbons (Fsp3) is 0.385. The highest BCUT2D eigenvalue weighted by Crippen LogP contribution is 2.36. The number of rotatable bonds is 7. The van der Waals surface area contributed by atoms with Crippen molar-refractivity contribution in [2.24, 2.45) is 0 Å². The summed E-state index contributed by atoms with van der Waals surface area (Å²) in [6.45, 7) is 6.82. The third-order valence-electron chi connectivity index (χ3n) is 6.43. The van der Waals surface area contributed by atoms with Gasteiger partial charge in [0.15, 0.2) is 0 Å². The minimum Gasteiger partial charge on any atom is -0.463 e. The van der Waals surface area contributed by atoms with E-state index in [2.05, 4.69) is 39.4 Å². The quantitative estimate of drug-likeness (QED) is 0.555. The van der Waals surface area contributed by atoms with Gasteiger partial charge in [-0.25, -0.2) is 9.59 Å². The molecule has 0 radical (unpaired) electrons. The number of nitrogens with one attached hydrogen (secondary N) is 1. The standard InChI is InChI=1S/C26H30Cl2N4O3/c1-3-35-25(33)23-22(17-32-13-11-31(12-14-32)16-18-7-5-4-6-8-18)30(2)26(34)29-24(23)20-10-9-19(27)15-21(20)28/h4-10,15,24H,3,11-14,16-17H2,1-2H3,(H,29,34). The van der Waals surface area contributed by atoms with E-state index in [4.69, 9.17) is 27.9 Å². The van der Waals surface area contributed by atoms with Crippen molar-refractivity contribution in [2.75, 3.05) is 46.4 Å². The van der Waals surface area contributed by atoms with Crippen LogP contribution in [0.25, 0.3) is 0 Å². The molecule has 1 saturated heterocycles. The molecule has 2 amide bonds. The van der Waals surface area contributed by atoms with E-state index in [1.165, 1.54) is 10.5 Å².